The minimum Gasteiger partial charge on any atom is -0.358 e. The quantitative estimate of drug-likeness (QED) is 0.574. The number of hydrogen-bond acceptors (Lipinski definition) is 4. The lowest BCUT2D eigenvalue weighted by molar-refractivity contribution is -0.389. The minimum atomic E-state index is -0.541. The van der Waals surface area contributed by atoms with Gasteiger partial charge in [-0.3, -0.25) is 4.79 Å². The van der Waals surface area contributed by atoms with Crippen molar-refractivity contribution in [2.45, 2.75) is 6.42 Å². The molecule has 1 amide bonds. The molecule has 1 saturated heterocycles. The van der Waals surface area contributed by atoms with Crippen molar-refractivity contribution < 1.29 is 9.72 Å². The molecule has 1 fully saturated rings. The Kier molecular flexibility index (Phi) is 3.38. The van der Waals surface area contributed by atoms with Crippen molar-refractivity contribution in [3.05, 3.63) is 27.9 Å². The Morgan fingerprint density at radius 3 is 2.88 bits per heavy atom. The van der Waals surface area contributed by atoms with Gasteiger partial charge in [0.15, 0.2) is 5.69 Å². The van der Waals surface area contributed by atoms with Crippen LogP contribution in [0.25, 0.3) is 0 Å². The van der Waals surface area contributed by atoms with Crippen molar-refractivity contribution in [3.8, 4) is 0 Å². The molecule has 2 heterocycles. The van der Waals surface area contributed by atoms with Crippen LogP contribution in [-0.4, -0.2) is 46.9 Å². The predicted molar refractivity (Wildman–Crippen MR) is 60.8 cm³/mol. The Hall–Kier alpha value is -1.89. The topological polar surface area (TPSA) is 91.3 Å². The third-order valence-corrected chi connectivity index (χ3v) is 2.73. The first kappa shape index (κ1) is 11.6. The summed E-state index contributed by atoms with van der Waals surface area (Å²) >= 11 is 0. The molecule has 2 N–H and O–H groups in total. The van der Waals surface area contributed by atoms with E-state index >= 15 is 0 Å². The number of nitro groups is 1. The molecule has 1 aliphatic rings. The van der Waals surface area contributed by atoms with Crippen molar-refractivity contribution in [3.63, 3.8) is 0 Å². The van der Waals surface area contributed by atoms with Gasteiger partial charge in [0.1, 0.15) is 0 Å². The zero-order valence-electron chi connectivity index (χ0n) is 9.31. The maximum Gasteiger partial charge on any atom is 0.321 e. The largest absolute Gasteiger partial charge is 0.358 e. The number of carbonyl (C=O) groups is 1. The van der Waals surface area contributed by atoms with Crippen LogP contribution in [0.3, 0.4) is 0 Å². The predicted octanol–water partition coefficient (Wildman–Crippen LogP) is 0.358. The lowest BCUT2D eigenvalue weighted by Gasteiger charge is -2.17. The maximum atomic E-state index is 12.0. The van der Waals surface area contributed by atoms with E-state index in [9.17, 15) is 14.9 Å². The SMILES string of the molecule is O=C(c1ccc([N+](=O)[O-])[nH]1)N1CCCNCC1. The molecule has 1 aromatic heterocycles. The highest BCUT2D eigenvalue weighted by Gasteiger charge is 2.22. The third-order valence-electron chi connectivity index (χ3n) is 2.73. The van der Waals surface area contributed by atoms with E-state index in [0.717, 1.165) is 19.5 Å². The van der Waals surface area contributed by atoms with Crippen LogP contribution in [0.2, 0.25) is 0 Å². The van der Waals surface area contributed by atoms with Crippen molar-refractivity contribution in [1.82, 2.24) is 15.2 Å². The van der Waals surface area contributed by atoms with Crippen LogP contribution >= 0.6 is 0 Å². The number of nitrogens with zero attached hydrogens (tertiary/aromatic N) is 2. The van der Waals surface area contributed by atoms with Gasteiger partial charge in [0.2, 0.25) is 0 Å². The molecule has 0 radical (unpaired) electrons. The van der Waals surface area contributed by atoms with Gasteiger partial charge in [-0.05, 0) is 24.0 Å². The van der Waals surface area contributed by atoms with E-state index in [4.69, 9.17) is 0 Å². The number of rotatable bonds is 2. The van der Waals surface area contributed by atoms with Crippen molar-refractivity contribution in [2.75, 3.05) is 26.2 Å². The van der Waals surface area contributed by atoms with Gasteiger partial charge in [-0.25, -0.2) is 4.98 Å². The first-order valence-corrected chi connectivity index (χ1v) is 5.52. The summed E-state index contributed by atoms with van der Waals surface area (Å²) < 4.78 is 0. The molecule has 1 aromatic rings. The van der Waals surface area contributed by atoms with Crippen LogP contribution in [-0.2, 0) is 0 Å². The van der Waals surface area contributed by atoms with Gasteiger partial charge in [0.05, 0.1) is 0 Å². The van der Waals surface area contributed by atoms with Crippen LogP contribution in [0, 0.1) is 10.1 Å². The van der Waals surface area contributed by atoms with Gasteiger partial charge in [-0.2, -0.15) is 0 Å². The summed E-state index contributed by atoms with van der Waals surface area (Å²) in [4.78, 5) is 26.2. The van der Waals surface area contributed by atoms with E-state index < -0.39 is 4.92 Å². The Labute approximate surface area is 97.9 Å². The average Bonchev–Trinajstić information content (AvgIpc) is 2.65. The second kappa shape index (κ2) is 4.96. The van der Waals surface area contributed by atoms with Crippen LogP contribution in [0.5, 0.6) is 0 Å². The molecule has 0 aromatic carbocycles. The van der Waals surface area contributed by atoms with Gasteiger partial charge < -0.3 is 20.3 Å². The van der Waals surface area contributed by atoms with Crippen molar-refractivity contribution >= 4 is 11.7 Å². The molecular formula is C10H14N4O3. The van der Waals surface area contributed by atoms with Gasteiger partial charge in [-0.15, -0.1) is 0 Å². The first-order valence-electron chi connectivity index (χ1n) is 5.52. The van der Waals surface area contributed by atoms with Gasteiger partial charge in [-0.1, -0.05) is 0 Å². The van der Waals surface area contributed by atoms with E-state index in [0.29, 0.717) is 13.1 Å². The smallest absolute Gasteiger partial charge is 0.321 e. The van der Waals surface area contributed by atoms with E-state index in [2.05, 4.69) is 10.3 Å². The standard InChI is InChI=1S/C10H14N4O3/c15-10(13-6-1-4-11-5-7-13)8-2-3-9(12-8)14(16)17/h2-3,11-12H,1,4-7H2. The van der Waals surface area contributed by atoms with Gasteiger partial charge in [0.25, 0.3) is 5.91 Å². The average molecular weight is 238 g/mol. The third kappa shape index (κ3) is 2.62. The fourth-order valence-corrected chi connectivity index (χ4v) is 1.83. The molecular weight excluding hydrogens is 224 g/mol. The fourth-order valence-electron chi connectivity index (χ4n) is 1.83. The Morgan fingerprint density at radius 2 is 2.18 bits per heavy atom. The number of nitrogens with one attached hydrogen (secondary N) is 2. The summed E-state index contributed by atoms with van der Waals surface area (Å²) in [6.45, 7) is 2.97. The van der Waals surface area contributed by atoms with E-state index in [1.54, 1.807) is 4.90 Å². The molecule has 0 aliphatic carbocycles. The normalized spacial score (nSPS) is 16.6. The second-order valence-electron chi connectivity index (χ2n) is 3.91. The molecule has 1 aliphatic heterocycles. The summed E-state index contributed by atoms with van der Waals surface area (Å²) in [5, 5.41) is 13.7. The molecule has 17 heavy (non-hydrogen) atoms. The number of hydrogen-bond donors (Lipinski definition) is 2. The summed E-state index contributed by atoms with van der Waals surface area (Å²) in [7, 11) is 0. The number of H-pyrrole nitrogens is 1. The van der Waals surface area contributed by atoms with E-state index in [-0.39, 0.29) is 17.4 Å². The fraction of sp³-hybridized carbons (Fsp3) is 0.500. The van der Waals surface area contributed by atoms with Crippen molar-refractivity contribution in [1.29, 1.82) is 0 Å². The molecule has 0 spiro atoms. The zero-order valence-corrected chi connectivity index (χ0v) is 9.31. The summed E-state index contributed by atoms with van der Waals surface area (Å²) in [5.74, 6) is -0.330. The van der Waals surface area contributed by atoms with E-state index in [1.807, 2.05) is 0 Å². The second-order valence-corrected chi connectivity index (χ2v) is 3.91. The maximum absolute atomic E-state index is 12.0. The molecule has 0 bridgehead atoms. The highest BCUT2D eigenvalue weighted by atomic mass is 16.6. The lowest BCUT2D eigenvalue weighted by Crippen LogP contribution is -2.34. The van der Waals surface area contributed by atoms with E-state index in [1.165, 1.54) is 12.1 Å². The molecule has 0 saturated carbocycles. The zero-order chi connectivity index (χ0) is 12.3. The van der Waals surface area contributed by atoms with Crippen LogP contribution in [0.15, 0.2) is 12.1 Å². The highest BCUT2D eigenvalue weighted by Crippen LogP contribution is 2.12. The summed E-state index contributed by atoms with van der Waals surface area (Å²) in [6, 6.07) is 2.77. The first-order chi connectivity index (χ1) is 8.18. The lowest BCUT2D eigenvalue weighted by atomic mass is 10.3. The molecule has 2 rings (SSSR count). The summed E-state index contributed by atoms with van der Waals surface area (Å²) in [5.41, 5.74) is 0.276. The number of aromatic amines is 1. The number of amides is 1. The minimum absolute atomic E-state index is 0.152. The van der Waals surface area contributed by atoms with Crippen LogP contribution in [0.1, 0.15) is 16.9 Å². The molecule has 0 unspecified atom stereocenters. The molecule has 7 heteroatoms. The van der Waals surface area contributed by atoms with Crippen LogP contribution < -0.4 is 5.32 Å². The Morgan fingerprint density at radius 1 is 1.35 bits per heavy atom. The number of aromatic nitrogens is 1. The molecule has 0 atom stereocenters. The highest BCUT2D eigenvalue weighted by molar-refractivity contribution is 5.92. The molecule has 7 nitrogen and oxygen atoms in total. The van der Waals surface area contributed by atoms with Crippen LogP contribution in [0.4, 0.5) is 5.82 Å². The van der Waals surface area contributed by atoms with Crippen molar-refractivity contribution in [2.24, 2.45) is 0 Å². The van der Waals surface area contributed by atoms with Gasteiger partial charge >= 0.3 is 5.82 Å². The van der Waals surface area contributed by atoms with Gasteiger partial charge in [0, 0.05) is 25.7 Å². The molecule has 92 valence electrons. The Balaban J connectivity index is 2.09. The monoisotopic (exact) mass is 238 g/mol. The summed E-state index contributed by atoms with van der Waals surface area (Å²) in [6.07, 6.45) is 0.897. The Bertz CT molecular complexity index is 421. The number of carbonyl (C=O) groups excluding carboxylic acids is 1.